The number of benzene rings is 1. The third-order valence-electron chi connectivity index (χ3n) is 6.13. The maximum Gasteiger partial charge on any atom is 0.336 e. The molecule has 0 amide bonds. The molecule has 0 aliphatic carbocycles. The molecule has 2 aliphatic rings. The number of methoxy groups -OCH3 is 1. The predicted octanol–water partition coefficient (Wildman–Crippen LogP) is 3.11. The monoisotopic (exact) mass is 479 g/mol. The molecular formula is C26H29N3O6. The molecule has 1 aromatic heterocycles. The normalized spacial score (nSPS) is 18.9. The van der Waals surface area contributed by atoms with E-state index in [0.717, 1.165) is 5.69 Å². The summed E-state index contributed by atoms with van der Waals surface area (Å²) in [5.41, 5.74) is 2.95. The second-order valence-electron chi connectivity index (χ2n) is 8.51. The fourth-order valence-electron chi connectivity index (χ4n) is 4.49. The summed E-state index contributed by atoms with van der Waals surface area (Å²) in [5, 5.41) is 0. The summed E-state index contributed by atoms with van der Waals surface area (Å²) in [7, 11) is 3.25. The Kier molecular flexibility index (Phi) is 7.45. The number of para-hydroxylation sites is 1. The van der Waals surface area contributed by atoms with Gasteiger partial charge in [-0.2, -0.15) is 0 Å². The van der Waals surface area contributed by atoms with Gasteiger partial charge in [-0.05, 0) is 39.1 Å². The van der Waals surface area contributed by atoms with Crippen LogP contribution < -0.4 is 9.47 Å². The Morgan fingerprint density at radius 1 is 1.14 bits per heavy atom. The molecule has 0 spiro atoms. The SMILES string of the molecule is COC(=O)C1C(C)=NC(C)=C(C(=O)OCCN(C)Cc2ccccn2)C1c1cccc2c1OCO2. The second kappa shape index (κ2) is 10.7. The van der Waals surface area contributed by atoms with Gasteiger partial charge in [-0.15, -0.1) is 0 Å². The van der Waals surface area contributed by atoms with Crippen LogP contribution in [-0.2, 0) is 25.6 Å². The van der Waals surface area contributed by atoms with E-state index < -0.39 is 23.8 Å². The summed E-state index contributed by atoms with van der Waals surface area (Å²) in [4.78, 5) is 37.1. The fourth-order valence-corrected chi connectivity index (χ4v) is 4.49. The van der Waals surface area contributed by atoms with Gasteiger partial charge in [0.1, 0.15) is 12.5 Å². The molecule has 0 bridgehead atoms. The zero-order valence-corrected chi connectivity index (χ0v) is 20.3. The average molecular weight is 480 g/mol. The van der Waals surface area contributed by atoms with Gasteiger partial charge in [0, 0.05) is 42.2 Å². The Morgan fingerprint density at radius 2 is 1.97 bits per heavy atom. The fraction of sp³-hybridized carbons (Fsp3) is 0.385. The van der Waals surface area contributed by atoms with Crippen molar-refractivity contribution in [1.29, 1.82) is 0 Å². The number of rotatable bonds is 8. The number of carbonyl (C=O) groups excluding carboxylic acids is 2. The number of nitrogens with zero attached hydrogens (tertiary/aromatic N) is 3. The number of fused-ring (bicyclic) bond motifs is 1. The maximum absolute atomic E-state index is 13.4. The van der Waals surface area contributed by atoms with E-state index in [-0.39, 0.29) is 13.4 Å². The van der Waals surface area contributed by atoms with Crippen LogP contribution in [0.25, 0.3) is 0 Å². The lowest BCUT2D eigenvalue weighted by atomic mass is 9.75. The van der Waals surface area contributed by atoms with Crippen LogP contribution in [0.3, 0.4) is 0 Å². The third-order valence-corrected chi connectivity index (χ3v) is 6.13. The smallest absolute Gasteiger partial charge is 0.336 e. The first-order valence-electron chi connectivity index (χ1n) is 11.4. The highest BCUT2D eigenvalue weighted by molar-refractivity contribution is 6.07. The van der Waals surface area contributed by atoms with Crippen LogP contribution in [-0.4, -0.2) is 61.6 Å². The molecule has 0 fully saturated rings. The Labute approximate surface area is 204 Å². The van der Waals surface area contributed by atoms with Gasteiger partial charge in [-0.1, -0.05) is 18.2 Å². The summed E-state index contributed by atoms with van der Waals surface area (Å²) in [6, 6.07) is 11.2. The van der Waals surface area contributed by atoms with Gasteiger partial charge in [0.05, 0.1) is 18.4 Å². The summed E-state index contributed by atoms with van der Waals surface area (Å²) in [5.74, 6) is -1.42. The predicted molar refractivity (Wildman–Crippen MR) is 128 cm³/mol. The molecule has 9 heteroatoms. The third kappa shape index (κ3) is 5.19. The van der Waals surface area contributed by atoms with E-state index in [0.29, 0.717) is 47.1 Å². The zero-order chi connectivity index (χ0) is 24.9. The number of pyridine rings is 1. The molecule has 0 N–H and O–H groups in total. The van der Waals surface area contributed by atoms with Gasteiger partial charge in [0.25, 0.3) is 0 Å². The van der Waals surface area contributed by atoms with Crippen molar-refractivity contribution in [1.82, 2.24) is 9.88 Å². The summed E-state index contributed by atoms with van der Waals surface area (Å²) in [6.45, 7) is 4.88. The molecule has 2 aromatic rings. The van der Waals surface area contributed by atoms with Crippen LogP contribution in [0.1, 0.15) is 31.0 Å². The van der Waals surface area contributed by atoms with Crippen molar-refractivity contribution in [2.24, 2.45) is 10.9 Å². The first kappa shape index (κ1) is 24.4. The Morgan fingerprint density at radius 3 is 2.71 bits per heavy atom. The van der Waals surface area contributed by atoms with Gasteiger partial charge in [-0.3, -0.25) is 19.7 Å². The zero-order valence-electron chi connectivity index (χ0n) is 20.3. The van der Waals surface area contributed by atoms with E-state index in [1.54, 1.807) is 26.1 Å². The van der Waals surface area contributed by atoms with Crippen LogP contribution in [0.15, 0.2) is 58.9 Å². The van der Waals surface area contributed by atoms with Gasteiger partial charge >= 0.3 is 11.9 Å². The lowest BCUT2D eigenvalue weighted by Crippen LogP contribution is -2.36. The van der Waals surface area contributed by atoms with Gasteiger partial charge in [-0.25, -0.2) is 4.79 Å². The number of hydrogen-bond donors (Lipinski definition) is 0. The summed E-state index contributed by atoms with van der Waals surface area (Å²) in [6.07, 6.45) is 1.75. The van der Waals surface area contributed by atoms with Crippen molar-refractivity contribution < 1.29 is 28.5 Å². The van der Waals surface area contributed by atoms with Crippen LogP contribution in [0.2, 0.25) is 0 Å². The number of likely N-dealkylation sites (N-methyl/N-ethyl adjacent to an activating group) is 1. The molecule has 2 unspecified atom stereocenters. The van der Waals surface area contributed by atoms with E-state index in [9.17, 15) is 9.59 Å². The average Bonchev–Trinajstić information content (AvgIpc) is 3.33. The van der Waals surface area contributed by atoms with Crippen molar-refractivity contribution in [2.45, 2.75) is 26.3 Å². The lowest BCUT2D eigenvalue weighted by Gasteiger charge is -2.31. The highest BCUT2D eigenvalue weighted by atomic mass is 16.7. The highest BCUT2D eigenvalue weighted by Crippen LogP contribution is 2.47. The van der Waals surface area contributed by atoms with E-state index in [2.05, 4.69) is 9.98 Å². The van der Waals surface area contributed by atoms with Gasteiger partial charge in [0.2, 0.25) is 6.79 Å². The van der Waals surface area contributed by atoms with Crippen molar-refractivity contribution in [3.63, 3.8) is 0 Å². The number of aliphatic imine (C=N–C) groups is 1. The molecule has 0 radical (unpaired) electrons. The van der Waals surface area contributed by atoms with E-state index in [1.807, 2.05) is 42.3 Å². The Balaban J connectivity index is 1.57. The first-order valence-corrected chi connectivity index (χ1v) is 11.4. The molecule has 2 atom stereocenters. The van der Waals surface area contributed by atoms with Crippen LogP contribution >= 0.6 is 0 Å². The molecule has 2 aliphatic heterocycles. The number of ether oxygens (including phenoxy) is 4. The topological polar surface area (TPSA) is 99.5 Å². The van der Waals surface area contributed by atoms with Crippen LogP contribution in [0, 0.1) is 5.92 Å². The highest BCUT2D eigenvalue weighted by Gasteiger charge is 2.44. The second-order valence-corrected chi connectivity index (χ2v) is 8.51. The number of aromatic nitrogens is 1. The standard InChI is InChI=1S/C26H29N3O6/c1-16-21(25(30)32-4)23(19-9-7-10-20-24(19)35-15-34-20)22(17(2)28-16)26(31)33-13-12-29(3)14-18-8-5-6-11-27-18/h5-11,21,23H,12-15H2,1-4H3. The van der Waals surface area contributed by atoms with Gasteiger partial charge in [0.15, 0.2) is 11.5 Å². The molecule has 4 rings (SSSR count). The Bertz CT molecular complexity index is 1160. The number of allylic oxidation sites excluding steroid dienone is 1. The maximum atomic E-state index is 13.4. The molecule has 9 nitrogen and oxygen atoms in total. The molecule has 3 heterocycles. The minimum absolute atomic E-state index is 0.0696. The summed E-state index contributed by atoms with van der Waals surface area (Å²) >= 11 is 0. The molecule has 0 saturated carbocycles. The van der Waals surface area contributed by atoms with Crippen molar-refractivity contribution >= 4 is 17.7 Å². The largest absolute Gasteiger partial charge is 0.468 e. The summed E-state index contributed by atoms with van der Waals surface area (Å²) < 4.78 is 22.0. The Hall–Kier alpha value is -3.72. The number of esters is 2. The van der Waals surface area contributed by atoms with E-state index >= 15 is 0 Å². The van der Waals surface area contributed by atoms with E-state index in [4.69, 9.17) is 18.9 Å². The lowest BCUT2D eigenvalue weighted by molar-refractivity contribution is -0.144. The molecule has 35 heavy (non-hydrogen) atoms. The molecule has 0 saturated heterocycles. The quantitative estimate of drug-likeness (QED) is 0.533. The molecule has 1 aromatic carbocycles. The molecular weight excluding hydrogens is 450 g/mol. The first-order chi connectivity index (χ1) is 16.9. The number of hydrogen-bond acceptors (Lipinski definition) is 9. The minimum Gasteiger partial charge on any atom is -0.468 e. The van der Waals surface area contributed by atoms with Crippen molar-refractivity contribution in [3.8, 4) is 11.5 Å². The van der Waals surface area contributed by atoms with Crippen molar-refractivity contribution in [2.75, 3.05) is 34.1 Å². The minimum atomic E-state index is -0.797. The van der Waals surface area contributed by atoms with Gasteiger partial charge < -0.3 is 18.9 Å². The van der Waals surface area contributed by atoms with Crippen LogP contribution in [0.4, 0.5) is 0 Å². The van der Waals surface area contributed by atoms with E-state index in [1.165, 1.54) is 7.11 Å². The van der Waals surface area contributed by atoms with Crippen molar-refractivity contribution in [3.05, 3.63) is 65.1 Å². The number of carbonyl (C=O) groups is 2. The van der Waals surface area contributed by atoms with Crippen LogP contribution in [0.5, 0.6) is 11.5 Å². The molecule has 184 valence electrons.